The fourth-order valence-electron chi connectivity index (χ4n) is 2.90. The minimum absolute atomic E-state index is 0.0606. The number of ether oxygens (including phenoxy) is 1. The number of hydrogen-bond acceptors (Lipinski definition) is 5. The molecule has 9 heteroatoms. The summed E-state index contributed by atoms with van der Waals surface area (Å²) in [6.45, 7) is 2.58. The van der Waals surface area contributed by atoms with Crippen LogP contribution in [-0.2, 0) is 4.74 Å². The van der Waals surface area contributed by atoms with Gasteiger partial charge in [0, 0.05) is 30.9 Å². The molecule has 1 atom stereocenters. The first-order chi connectivity index (χ1) is 12.0. The molecule has 0 aliphatic carbocycles. The van der Waals surface area contributed by atoms with Gasteiger partial charge in [0.25, 0.3) is 0 Å². The van der Waals surface area contributed by atoms with Crippen LogP contribution in [0.4, 0.5) is 14.7 Å². The molecule has 2 N–H and O–H groups in total. The van der Waals surface area contributed by atoms with Crippen molar-refractivity contribution < 1.29 is 13.5 Å². The third-order valence-corrected chi connectivity index (χ3v) is 4.20. The number of hydrogen-bond donors (Lipinski definition) is 2. The number of aromatic amines is 1. The maximum atomic E-state index is 13.8. The highest BCUT2D eigenvalue weighted by atomic mass is 19.1. The van der Waals surface area contributed by atoms with Crippen LogP contribution in [0.1, 0.15) is 37.4 Å². The predicted molar refractivity (Wildman–Crippen MR) is 86.6 cm³/mol. The van der Waals surface area contributed by atoms with E-state index in [9.17, 15) is 18.4 Å². The highest BCUT2D eigenvalue weighted by molar-refractivity contribution is 5.31. The maximum absolute atomic E-state index is 13.8. The monoisotopic (exact) mass is 352 g/mol. The van der Waals surface area contributed by atoms with Gasteiger partial charge in [-0.3, -0.25) is 4.98 Å². The van der Waals surface area contributed by atoms with Crippen LogP contribution in [0.3, 0.4) is 0 Å². The lowest BCUT2D eigenvalue weighted by atomic mass is 10.1. The first kappa shape index (κ1) is 17.3. The molecule has 1 aliphatic heterocycles. The molecule has 2 heterocycles. The number of aromatic nitrogens is 3. The lowest BCUT2D eigenvalue weighted by molar-refractivity contribution is 0.0670. The Bertz CT molecular complexity index is 843. The quantitative estimate of drug-likeness (QED) is 0.875. The number of anilines is 1. The van der Waals surface area contributed by atoms with E-state index in [1.165, 1.54) is 6.07 Å². The van der Waals surface area contributed by atoms with Gasteiger partial charge < -0.3 is 10.1 Å². The molecule has 7 nitrogen and oxygen atoms in total. The van der Waals surface area contributed by atoms with Gasteiger partial charge in [-0.15, -0.1) is 0 Å². The highest BCUT2D eigenvalue weighted by Crippen LogP contribution is 2.20. The smallest absolute Gasteiger partial charge is 0.355 e. The first-order valence-corrected chi connectivity index (χ1v) is 7.98. The van der Waals surface area contributed by atoms with Gasteiger partial charge in [0.05, 0.1) is 6.04 Å². The van der Waals surface area contributed by atoms with Gasteiger partial charge in [-0.25, -0.2) is 22.9 Å². The Labute approximate surface area is 141 Å². The third kappa shape index (κ3) is 3.76. The Morgan fingerprint density at radius 1 is 1.32 bits per heavy atom. The van der Waals surface area contributed by atoms with Crippen molar-refractivity contribution in [3.05, 3.63) is 56.4 Å². The number of nitrogens with zero attached hydrogens (tertiary/aromatic N) is 2. The molecule has 25 heavy (non-hydrogen) atoms. The van der Waals surface area contributed by atoms with Gasteiger partial charge >= 0.3 is 11.4 Å². The van der Waals surface area contributed by atoms with Crippen LogP contribution in [0.5, 0.6) is 0 Å². The fourth-order valence-corrected chi connectivity index (χ4v) is 2.90. The lowest BCUT2D eigenvalue weighted by Gasteiger charge is -2.23. The Balaban J connectivity index is 1.83. The third-order valence-electron chi connectivity index (χ3n) is 4.20. The molecular formula is C16H18F2N4O3. The summed E-state index contributed by atoms with van der Waals surface area (Å²) in [5.41, 5.74) is -1.07. The van der Waals surface area contributed by atoms with Crippen LogP contribution in [0.25, 0.3) is 0 Å². The molecule has 1 aliphatic rings. The van der Waals surface area contributed by atoms with E-state index in [1.807, 2.05) is 0 Å². The first-order valence-electron chi connectivity index (χ1n) is 7.98. The van der Waals surface area contributed by atoms with Crippen LogP contribution < -0.4 is 16.7 Å². The SMILES string of the molecule is C[C@H](Nc1nc(=O)n(C2CCOCC2)c(=O)[nH]1)c1ccc(F)cc1F. The van der Waals surface area contributed by atoms with Crippen LogP contribution in [-0.4, -0.2) is 27.7 Å². The van der Waals surface area contributed by atoms with Crippen molar-refractivity contribution >= 4 is 5.95 Å². The Morgan fingerprint density at radius 2 is 2.04 bits per heavy atom. The maximum Gasteiger partial charge on any atom is 0.355 e. The highest BCUT2D eigenvalue weighted by Gasteiger charge is 2.21. The molecule has 3 rings (SSSR count). The average molecular weight is 352 g/mol. The van der Waals surface area contributed by atoms with Crippen molar-refractivity contribution in [1.82, 2.24) is 14.5 Å². The van der Waals surface area contributed by atoms with Gasteiger partial charge in [-0.05, 0) is 25.8 Å². The van der Waals surface area contributed by atoms with Gasteiger partial charge in [0.2, 0.25) is 5.95 Å². The summed E-state index contributed by atoms with van der Waals surface area (Å²) in [6, 6.07) is 2.33. The van der Waals surface area contributed by atoms with Crippen molar-refractivity contribution in [2.75, 3.05) is 18.5 Å². The molecule has 1 fully saturated rings. The van der Waals surface area contributed by atoms with E-state index in [1.54, 1.807) is 6.92 Å². The lowest BCUT2D eigenvalue weighted by Crippen LogP contribution is -2.42. The van der Waals surface area contributed by atoms with Crippen LogP contribution in [0.2, 0.25) is 0 Å². The summed E-state index contributed by atoms with van der Waals surface area (Å²) in [7, 11) is 0. The van der Waals surface area contributed by atoms with E-state index in [0.717, 1.165) is 16.7 Å². The molecule has 0 bridgehead atoms. The number of benzene rings is 1. The van der Waals surface area contributed by atoms with Crippen molar-refractivity contribution in [3.63, 3.8) is 0 Å². The van der Waals surface area contributed by atoms with E-state index in [0.29, 0.717) is 26.1 Å². The second kappa shape index (κ2) is 7.14. The second-order valence-electron chi connectivity index (χ2n) is 5.92. The summed E-state index contributed by atoms with van der Waals surface area (Å²) in [5.74, 6) is -1.47. The molecule has 0 spiro atoms. The molecule has 1 saturated heterocycles. The zero-order chi connectivity index (χ0) is 18.0. The zero-order valence-electron chi connectivity index (χ0n) is 13.6. The van der Waals surface area contributed by atoms with Crippen molar-refractivity contribution in [3.8, 4) is 0 Å². The summed E-state index contributed by atoms with van der Waals surface area (Å²) in [5, 5.41) is 2.76. The van der Waals surface area contributed by atoms with Crippen molar-refractivity contribution in [2.45, 2.75) is 31.8 Å². The van der Waals surface area contributed by atoms with E-state index < -0.39 is 29.1 Å². The molecule has 134 valence electrons. The minimum atomic E-state index is -0.724. The number of rotatable bonds is 4. The Morgan fingerprint density at radius 3 is 2.68 bits per heavy atom. The van der Waals surface area contributed by atoms with E-state index >= 15 is 0 Å². The fraction of sp³-hybridized carbons (Fsp3) is 0.438. The molecule has 0 saturated carbocycles. The molecule has 0 unspecified atom stereocenters. The number of H-pyrrole nitrogens is 1. The van der Waals surface area contributed by atoms with Crippen LogP contribution in [0, 0.1) is 11.6 Å². The van der Waals surface area contributed by atoms with Crippen molar-refractivity contribution in [1.29, 1.82) is 0 Å². The van der Waals surface area contributed by atoms with Gasteiger partial charge in [0.1, 0.15) is 11.6 Å². The van der Waals surface area contributed by atoms with Gasteiger partial charge in [0.15, 0.2) is 0 Å². The Kier molecular flexibility index (Phi) is 4.93. The summed E-state index contributed by atoms with van der Waals surface area (Å²) in [6.07, 6.45) is 1.13. The molecule has 1 aromatic heterocycles. The van der Waals surface area contributed by atoms with E-state index in [4.69, 9.17) is 4.74 Å². The number of halogens is 2. The topological polar surface area (TPSA) is 89.0 Å². The standard InChI is InChI=1S/C16H18F2N4O3/c1-9(12-3-2-10(17)8-13(12)18)19-14-20-15(23)22(16(24)21-14)11-4-6-25-7-5-11/h2-3,8-9,11H,4-7H2,1H3,(H2,19,20,21,23,24)/t9-/m0/s1. The number of nitrogens with one attached hydrogen (secondary N) is 2. The normalized spacial score (nSPS) is 16.6. The predicted octanol–water partition coefficient (Wildman–Crippen LogP) is 1.73. The molecular weight excluding hydrogens is 334 g/mol. The van der Waals surface area contributed by atoms with E-state index in [-0.39, 0.29) is 17.6 Å². The van der Waals surface area contributed by atoms with Crippen molar-refractivity contribution in [2.24, 2.45) is 0 Å². The largest absolute Gasteiger partial charge is 0.381 e. The Hall–Kier alpha value is -2.55. The van der Waals surface area contributed by atoms with Crippen LogP contribution >= 0.6 is 0 Å². The minimum Gasteiger partial charge on any atom is -0.381 e. The average Bonchev–Trinajstić information content (AvgIpc) is 2.55. The molecule has 0 radical (unpaired) electrons. The molecule has 2 aromatic rings. The van der Waals surface area contributed by atoms with Crippen LogP contribution in [0.15, 0.2) is 27.8 Å². The summed E-state index contributed by atoms with van der Waals surface area (Å²) in [4.78, 5) is 30.8. The van der Waals surface area contributed by atoms with Gasteiger partial charge in [-0.2, -0.15) is 4.98 Å². The van der Waals surface area contributed by atoms with E-state index in [2.05, 4.69) is 15.3 Å². The molecule has 0 amide bonds. The summed E-state index contributed by atoms with van der Waals surface area (Å²) >= 11 is 0. The van der Waals surface area contributed by atoms with Gasteiger partial charge in [-0.1, -0.05) is 6.07 Å². The summed E-state index contributed by atoms with van der Waals surface area (Å²) < 4.78 is 33.1. The second-order valence-corrected chi connectivity index (χ2v) is 5.92. The molecule has 1 aromatic carbocycles. The zero-order valence-corrected chi connectivity index (χ0v) is 13.6.